The van der Waals surface area contributed by atoms with Crippen LogP contribution in [0.15, 0.2) is 30.3 Å². The van der Waals surface area contributed by atoms with Crippen LogP contribution < -0.4 is 5.32 Å². The van der Waals surface area contributed by atoms with Crippen molar-refractivity contribution in [3.05, 3.63) is 35.9 Å². The summed E-state index contributed by atoms with van der Waals surface area (Å²) in [5, 5.41) is 3.46. The van der Waals surface area contributed by atoms with Crippen LogP contribution >= 0.6 is 0 Å². The van der Waals surface area contributed by atoms with Gasteiger partial charge in [0.15, 0.2) is 9.84 Å². The monoisotopic (exact) mass is 281 g/mol. The summed E-state index contributed by atoms with van der Waals surface area (Å²) in [6, 6.07) is 10.4. The zero-order valence-electron chi connectivity index (χ0n) is 10.8. The number of benzene rings is 1. The third kappa shape index (κ3) is 3.16. The number of sulfone groups is 1. The fourth-order valence-corrected chi connectivity index (χ4v) is 4.54. The molecule has 4 nitrogen and oxygen atoms in total. The Labute approximate surface area is 114 Å². The van der Waals surface area contributed by atoms with Crippen molar-refractivity contribution in [2.45, 2.75) is 31.0 Å². The minimum atomic E-state index is -2.89. The Balaban J connectivity index is 1.64. The minimum absolute atomic E-state index is 0.0405. The Kier molecular flexibility index (Phi) is 3.60. The van der Waals surface area contributed by atoms with E-state index in [0.717, 1.165) is 6.42 Å². The Bertz CT molecular complexity index is 529. The minimum Gasteiger partial charge on any atom is -0.375 e. The predicted octanol–water partition coefficient (Wildman–Crippen LogP) is 0.773. The maximum atomic E-state index is 11.7. The standard InChI is InChI=1S/C14H19NO3S/c16-19(17)7-6-14-13(10-19)15-12(9-18-14)8-11-4-2-1-3-5-11/h1-5,12-15H,6-10H2. The van der Waals surface area contributed by atoms with Gasteiger partial charge in [-0.1, -0.05) is 30.3 Å². The van der Waals surface area contributed by atoms with Gasteiger partial charge in [-0.2, -0.15) is 0 Å². The van der Waals surface area contributed by atoms with Crippen LogP contribution in [0.2, 0.25) is 0 Å². The summed E-state index contributed by atoms with van der Waals surface area (Å²) in [5.41, 5.74) is 1.25. The number of hydrogen-bond acceptors (Lipinski definition) is 4. The molecule has 3 atom stereocenters. The average molecular weight is 281 g/mol. The first-order valence-electron chi connectivity index (χ1n) is 6.74. The van der Waals surface area contributed by atoms with Crippen molar-refractivity contribution in [3.8, 4) is 0 Å². The Morgan fingerprint density at radius 2 is 2.05 bits per heavy atom. The van der Waals surface area contributed by atoms with Crippen LogP contribution in [0.3, 0.4) is 0 Å². The largest absolute Gasteiger partial charge is 0.375 e. The molecule has 104 valence electrons. The van der Waals surface area contributed by atoms with Gasteiger partial charge in [-0.05, 0) is 18.4 Å². The molecule has 3 rings (SSSR count). The maximum absolute atomic E-state index is 11.7. The topological polar surface area (TPSA) is 55.4 Å². The second-order valence-electron chi connectivity index (χ2n) is 5.43. The maximum Gasteiger partial charge on any atom is 0.152 e. The quantitative estimate of drug-likeness (QED) is 0.870. The van der Waals surface area contributed by atoms with Gasteiger partial charge in [-0.3, -0.25) is 0 Å². The van der Waals surface area contributed by atoms with Crippen LogP contribution in [0.4, 0.5) is 0 Å². The highest BCUT2D eigenvalue weighted by molar-refractivity contribution is 7.91. The van der Waals surface area contributed by atoms with Gasteiger partial charge >= 0.3 is 0 Å². The highest BCUT2D eigenvalue weighted by atomic mass is 32.2. The number of morpholine rings is 1. The van der Waals surface area contributed by atoms with Crippen molar-refractivity contribution in [2.24, 2.45) is 0 Å². The highest BCUT2D eigenvalue weighted by Crippen LogP contribution is 2.21. The highest BCUT2D eigenvalue weighted by Gasteiger charge is 2.38. The Morgan fingerprint density at radius 3 is 2.84 bits per heavy atom. The van der Waals surface area contributed by atoms with E-state index in [2.05, 4.69) is 17.4 Å². The molecular weight excluding hydrogens is 262 g/mol. The van der Waals surface area contributed by atoms with E-state index in [1.54, 1.807) is 0 Å². The lowest BCUT2D eigenvalue weighted by Crippen LogP contribution is -2.59. The van der Waals surface area contributed by atoms with E-state index in [9.17, 15) is 8.42 Å². The molecule has 2 heterocycles. The Hall–Kier alpha value is -0.910. The van der Waals surface area contributed by atoms with Crippen LogP contribution in [0.5, 0.6) is 0 Å². The molecule has 0 bridgehead atoms. The zero-order chi connectivity index (χ0) is 13.3. The van der Waals surface area contributed by atoms with Crippen LogP contribution in [0.25, 0.3) is 0 Å². The summed E-state index contributed by atoms with van der Waals surface area (Å²) in [6.07, 6.45) is 1.57. The Morgan fingerprint density at radius 1 is 1.26 bits per heavy atom. The first-order chi connectivity index (χ1) is 9.12. The summed E-state index contributed by atoms with van der Waals surface area (Å²) in [5.74, 6) is 0.474. The van der Waals surface area contributed by atoms with E-state index in [1.807, 2.05) is 18.2 Å². The summed E-state index contributed by atoms with van der Waals surface area (Å²) in [6.45, 7) is 0.663. The molecule has 0 amide bonds. The summed E-state index contributed by atoms with van der Waals surface area (Å²) in [4.78, 5) is 0. The lowest BCUT2D eigenvalue weighted by atomic mass is 10.0. The number of hydrogen-bond donors (Lipinski definition) is 1. The van der Waals surface area contributed by atoms with Crippen molar-refractivity contribution >= 4 is 9.84 Å². The van der Waals surface area contributed by atoms with Crippen LogP contribution in [0.1, 0.15) is 12.0 Å². The number of nitrogens with one attached hydrogen (secondary N) is 1. The van der Waals surface area contributed by atoms with Crippen molar-refractivity contribution in [1.82, 2.24) is 5.32 Å². The lowest BCUT2D eigenvalue weighted by molar-refractivity contribution is -0.0253. The van der Waals surface area contributed by atoms with E-state index in [4.69, 9.17) is 4.74 Å². The predicted molar refractivity (Wildman–Crippen MR) is 73.9 cm³/mol. The van der Waals surface area contributed by atoms with Gasteiger partial charge < -0.3 is 10.1 Å². The molecule has 2 saturated heterocycles. The molecule has 0 aromatic heterocycles. The van der Waals surface area contributed by atoms with Gasteiger partial charge in [0.2, 0.25) is 0 Å². The van der Waals surface area contributed by atoms with Crippen molar-refractivity contribution in [1.29, 1.82) is 0 Å². The molecule has 1 aromatic rings. The molecular formula is C14H19NO3S. The molecule has 2 aliphatic heterocycles. The van der Waals surface area contributed by atoms with E-state index in [0.29, 0.717) is 13.0 Å². The van der Waals surface area contributed by atoms with Gasteiger partial charge in [0, 0.05) is 12.1 Å². The summed E-state index contributed by atoms with van der Waals surface area (Å²) < 4.78 is 29.2. The van der Waals surface area contributed by atoms with Crippen LogP contribution in [-0.4, -0.2) is 44.7 Å². The van der Waals surface area contributed by atoms with Gasteiger partial charge in [0.05, 0.1) is 24.2 Å². The molecule has 2 aliphatic rings. The third-order valence-electron chi connectivity index (χ3n) is 3.88. The summed E-state index contributed by atoms with van der Waals surface area (Å²) in [7, 11) is -2.89. The molecule has 19 heavy (non-hydrogen) atoms. The number of rotatable bonds is 2. The normalized spacial score (nSPS) is 33.6. The van der Waals surface area contributed by atoms with Crippen molar-refractivity contribution in [3.63, 3.8) is 0 Å². The van der Waals surface area contributed by atoms with Crippen molar-refractivity contribution < 1.29 is 13.2 Å². The molecule has 3 unspecified atom stereocenters. The fraction of sp³-hybridized carbons (Fsp3) is 0.571. The first-order valence-corrected chi connectivity index (χ1v) is 8.56. The molecule has 1 aromatic carbocycles. The first kappa shape index (κ1) is 13.1. The van der Waals surface area contributed by atoms with Crippen molar-refractivity contribution in [2.75, 3.05) is 18.1 Å². The molecule has 0 saturated carbocycles. The summed E-state index contributed by atoms with van der Waals surface area (Å²) >= 11 is 0. The van der Waals surface area contributed by atoms with Gasteiger partial charge in [0.25, 0.3) is 0 Å². The fourth-order valence-electron chi connectivity index (χ4n) is 2.92. The molecule has 2 fully saturated rings. The zero-order valence-corrected chi connectivity index (χ0v) is 11.6. The number of fused-ring (bicyclic) bond motifs is 1. The van der Waals surface area contributed by atoms with E-state index in [1.165, 1.54) is 5.56 Å². The molecule has 5 heteroatoms. The average Bonchev–Trinajstić information content (AvgIpc) is 2.38. The molecule has 1 N–H and O–H groups in total. The van der Waals surface area contributed by atoms with Crippen LogP contribution in [-0.2, 0) is 21.0 Å². The van der Waals surface area contributed by atoms with Gasteiger partial charge in [0.1, 0.15) is 0 Å². The molecule has 0 spiro atoms. The smallest absolute Gasteiger partial charge is 0.152 e. The van der Waals surface area contributed by atoms with E-state index >= 15 is 0 Å². The third-order valence-corrected chi connectivity index (χ3v) is 5.61. The lowest BCUT2D eigenvalue weighted by Gasteiger charge is -2.40. The second kappa shape index (κ2) is 5.23. The van der Waals surface area contributed by atoms with Crippen LogP contribution in [0, 0.1) is 0 Å². The SMILES string of the molecule is O=S1(=O)CCC2OCC(Cc3ccccc3)NC2C1. The van der Waals surface area contributed by atoms with E-state index in [-0.39, 0.29) is 29.7 Å². The second-order valence-corrected chi connectivity index (χ2v) is 7.66. The van der Waals surface area contributed by atoms with Gasteiger partial charge in [-0.15, -0.1) is 0 Å². The molecule has 0 radical (unpaired) electrons. The van der Waals surface area contributed by atoms with E-state index < -0.39 is 9.84 Å². The molecule has 0 aliphatic carbocycles. The number of ether oxygens (including phenoxy) is 1. The van der Waals surface area contributed by atoms with Gasteiger partial charge in [-0.25, -0.2) is 8.42 Å².